The Hall–Kier alpha value is -1.10. The summed E-state index contributed by atoms with van der Waals surface area (Å²) in [6, 6.07) is 0. The number of unbranched alkanes of at least 4 members (excludes halogenated alkanes) is 1. The Labute approximate surface area is 95.7 Å². The first-order chi connectivity index (χ1) is 7.66. The zero-order valence-electron chi connectivity index (χ0n) is 9.74. The van der Waals surface area contributed by atoms with Crippen LogP contribution in [0.3, 0.4) is 0 Å². The van der Waals surface area contributed by atoms with Gasteiger partial charge < -0.3 is 14.6 Å². The van der Waals surface area contributed by atoms with E-state index in [1.807, 2.05) is 6.92 Å². The molecule has 0 heterocycles. The van der Waals surface area contributed by atoms with Crippen molar-refractivity contribution in [3.05, 3.63) is 0 Å². The molecule has 0 aromatic rings. The van der Waals surface area contributed by atoms with E-state index < -0.39 is 5.97 Å². The first-order valence-electron chi connectivity index (χ1n) is 5.62. The van der Waals surface area contributed by atoms with Gasteiger partial charge in [0, 0.05) is 19.4 Å². The Kier molecular flexibility index (Phi) is 9.70. The number of ether oxygens (including phenoxy) is 2. The smallest absolute Gasteiger partial charge is 0.305 e. The molecule has 0 aliphatic heterocycles. The minimum absolute atomic E-state index is 0.104. The Balaban J connectivity index is 3.21. The molecule has 0 bridgehead atoms. The number of carbonyl (C=O) groups is 2. The molecule has 5 heteroatoms. The van der Waals surface area contributed by atoms with Crippen molar-refractivity contribution >= 4 is 11.9 Å². The molecule has 94 valence electrons. The fourth-order valence-corrected chi connectivity index (χ4v) is 1.08. The summed E-state index contributed by atoms with van der Waals surface area (Å²) in [6.07, 6.45) is 2.40. The van der Waals surface area contributed by atoms with E-state index in [4.69, 9.17) is 14.6 Å². The van der Waals surface area contributed by atoms with Crippen LogP contribution in [0.15, 0.2) is 0 Å². The molecule has 0 unspecified atom stereocenters. The molecule has 16 heavy (non-hydrogen) atoms. The van der Waals surface area contributed by atoms with Gasteiger partial charge in [-0.05, 0) is 19.3 Å². The first-order valence-corrected chi connectivity index (χ1v) is 5.62. The highest BCUT2D eigenvalue weighted by Crippen LogP contribution is 2.01. The third-order valence-electron chi connectivity index (χ3n) is 1.86. The second-order valence-corrected chi connectivity index (χ2v) is 3.43. The van der Waals surface area contributed by atoms with Gasteiger partial charge >= 0.3 is 11.9 Å². The predicted molar refractivity (Wildman–Crippen MR) is 58.2 cm³/mol. The van der Waals surface area contributed by atoms with Gasteiger partial charge in [-0.3, -0.25) is 9.59 Å². The Morgan fingerprint density at radius 1 is 1.06 bits per heavy atom. The molecule has 0 atom stereocenters. The average molecular weight is 232 g/mol. The average Bonchev–Trinajstić information content (AvgIpc) is 2.24. The van der Waals surface area contributed by atoms with Gasteiger partial charge in [-0.25, -0.2) is 0 Å². The van der Waals surface area contributed by atoms with Gasteiger partial charge in [0.15, 0.2) is 0 Å². The lowest BCUT2D eigenvalue weighted by molar-refractivity contribution is -0.145. The maximum absolute atomic E-state index is 11.1. The second-order valence-electron chi connectivity index (χ2n) is 3.43. The van der Waals surface area contributed by atoms with Gasteiger partial charge in [-0.2, -0.15) is 0 Å². The molecular formula is C11H20O5. The van der Waals surface area contributed by atoms with E-state index in [0.29, 0.717) is 26.1 Å². The number of aliphatic carboxylic acids is 1. The van der Waals surface area contributed by atoms with Crippen LogP contribution in [0.4, 0.5) is 0 Å². The summed E-state index contributed by atoms with van der Waals surface area (Å²) >= 11 is 0. The molecule has 0 aromatic heterocycles. The van der Waals surface area contributed by atoms with Crippen LogP contribution in [-0.2, 0) is 19.1 Å². The number of hydrogen-bond acceptors (Lipinski definition) is 4. The number of rotatable bonds is 10. The fraction of sp³-hybridized carbons (Fsp3) is 0.818. The fourth-order valence-electron chi connectivity index (χ4n) is 1.08. The summed E-state index contributed by atoms with van der Waals surface area (Å²) < 4.78 is 10.0. The predicted octanol–water partition coefficient (Wildman–Crippen LogP) is 1.60. The van der Waals surface area contributed by atoms with Crippen molar-refractivity contribution in [3.8, 4) is 0 Å². The van der Waals surface area contributed by atoms with Crippen LogP contribution < -0.4 is 0 Å². The van der Waals surface area contributed by atoms with Crippen molar-refractivity contribution in [1.82, 2.24) is 0 Å². The number of carboxylic acids is 1. The van der Waals surface area contributed by atoms with Gasteiger partial charge in [0.05, 0.1) is 6.61 Å². The maximum Gasteiger partial charge on any atom is 0.305 e. The summed E-state index contributed by atoms with van der Waals surface area (Å²) in [5, 5.41) is 8.37. The molecule has 0 amide bonds. The molecule has 0 aromatic carbocycles. The summed E-state index contributed by atoms with van der Waals surface area (Å²) in [4.78, 5) is 21.3. The SMILES string of the molecule is CCCOCCOC(=O)CCCCC(=O)O. The monoisotopic (exact) mass is 232 g/mol. The number of carboxylic acid groups (broad SMARTS) is 1. The number of hydrogen-bond donors (Lipinski definition) is 1. The van der Waals surface area contributed by atoms with Crippen LogP contribution in [-0.4, -0.2) is 36.9 Å². The van der Waals surface area contributed by atoms with Gasteiger partial charge in [-0.1, -0.05) is 6.92 Å². The third-order valence-corrected chi connectivity index (χ3v) is 1.86. The van der Waals surface area contributed by atoms with Crippen molar-refractivity contribution in [2.24, 2.45) is 0 Å². The van der Waals surface area contributed by atoms with E-state index in [1.54, 1.807) is 0 Å². The van der Waals surface area contributed by atoms with E-state index in [-0.39, 0.29) is 25.4 Å². The maximum atomic E-state index is 11.1. The van der Waals surface area contributed by atoms with Crippen LogP contribution in [0, 0.1) is 0 Å². The van der Waals surface area contributed by atoms with Crippen molar-refractivity contribution in [3.63, 3.8) is 0 Å². The zero-order chi connectivity index (χ0) is 12.2. The molecular weight excluding hydrogens is 212 g/mol. The molecule has 0 rings (SSSR count). The summed E-state index contributed by atoms with van der Waals surface area (Å²) in [5.74, 6) is -1.12. The minimum Gasteiger partial charge on any atom is -0.481 e. The normalized spacial score (nSPS) is 10.1. The quantitative estimate of drug-likeness (QED) is 0.457. The van der Waals surface area contributed by atoms with Crippen LogP contribution in [0.5, 0.6) is 0 Å². The van der Waals surface area contributed by atoms with Crippen molar-refractivity contribution < 1.29 is 24.2 Å². The van der Waals surface area contributed by atoms with E-state index in [1.165, 1.54) is 0 Å². The van der Waals surface area contributed by atoms with Crippen LogP contribution in [0.25, 0.3) is 0 Å². The molecule has 0 aliphatic carbocycles. The molecule has 0 fully saturated rings. The van der Waals surface area contributed by atoms with Gasteiger partial charge in [0.25, 0.3) is 0 Å². The van der Waals surface area contributed by atoms with Gasteiger partial charge in [-0.15, -0.1) is 0 Å². The molecule has 0 aliphatic rings. The van der Waals surface area contributed by atoms with E-state index in [0.717, 1.165) is 6.42 Å². The highest BCUT2D eigenvalue weighted by Gasteiger charge is 2.03. The van der Waals surface area contributed by atoms with Gasteiger partial charge in [0.1, 0.15) is 6.61 Å². The topological polar surface area (TPSA) is 72.8 Å². The van der Waals surface area contributed by atoms with Crippen molar-refractivity contribution in [2.45, 2.75) is 39.0 Å². The molecule has 0 saturated heterocycles. The number of esters is 1. The first kappa shape index (κ1) is 14.9. The molecule has 1 N–H and O–H groups in total. The van der Waals surface area contributed by atoms with Crippen LogP contribution in [0.1, 0.15) is 39.0 Å². The van der Waals surface area contributed by atoms with E-state index in [9.17, 15) is 9.59 Å². The zero-order valence-corrected chi connectivity index (χ0v) is 9.74. The third kappa shape index (κ3) is 11.0. The highest BCUT2D eigenvalue weighted by molar-refractivity contribution is 5.69. The van der Waals surface area contributed by atoms with Gasteiger partial charge in [0.2, 0.25) is 0 Å². The standard InChI is InChI=1S/C11H20O5/c1-2-7-15-8-9-16-11(14)6-4-3-5-10(12)13/h2-9H2,1H3,(H,12,13). The van der Waals surface area contributed by atoms with Crippen LogP contribution in [0.2, 0.25) is 0 Å². The molecule has 0 spiro atoms. The van der Waals surface area contributed by atoms with E-state index in [2.05, 4.69) is 0 Å². The highest BCUT2D eigenvalue weighted by atomic mass is 16.6. The lowest BCUT2D eigenvalue weighted by Gasteiger charge is -2.04. The summed E-state index contributed by atoms with van der Waals surface area (Å²) in [5.41, 5.74) is 0. The van der Waals surface area contributed by atoms with Crippen LogP contribution >= 0.6 is 0 Å². The van der Waals surface area contributed by atoms with E-state index >= 15 is 0 Å². The Morgan fingerprint density at radius 3 is 2.38 bits per heavy atom. The summed E-state index contributed by atoms with van der Waals surface area (Å²) in [6.45, 7) is 3.39. The lowest BCUT2D eigenvalue weighted by atomic mass is 10.2. The summed E-state index contributed by atoms with van der Waals surface area (Å²) in [7, 11) is 0. The van der Waals surface area contributed by atoms with Crippen molar-refractivity contribution in [1.29, 1.82) is 0 Å². The van der Waals surface area contributed by atoms with Crippen molar-refractivity contribution in [2.75, 3.05) is 19.8 Å². The Bertz CT molecular complexity index is 203. The second kappa shape index (κ2) is 10.4. The molecule has 0 radical (unpaired) electrons. The molecule has 5 nitrogen and oxygen atoms in total. The minimum atomic E-state index is -0.832. The molecule has 0 saturated carbocycles. The lowest BCUT2D eigenvalue weighted by Crippen LogP contribution is -2.10. The largest absolute Gasteiger partial charge is 0.481 e. The Morgan fingerprint density at radius 2 is 1.75 bits per heavy atom. The number of carbonyl (C=O) groups excluding carboxylic acids is 1.